The zero-order chi connectivity index (χ0) is 41.1. The Morgan fingerprint density at radius 3 is 1.75 bits per heavy atom. The molecule has 0 saturated heterocycles. The standard InChI is InChI=1S/C35H47N15O6/c1-47-19-23(14-24(47)33(55)41-10-8-26(36)37)44-34(56)25-13-22(18-48(25)2)43-29(51)7-5-6-9-40-31(53)20-11-28(50(4)16-20)46-32(54)21-12-27(49(3)17-21)45-30(52)15-42-35(38)39/h11-14,16-19H,5-10,15H2,1-4H3,(H3,36,37)(H,40,53)(H,41,55)(H,43,51)(H,44,56)(H,45,52)(H,46,54)(H4,38,39,42). The van der Waals surface area contributed by atoms with Crippen molar-refractivity contribution in [2.45, 2.75) is 25.7 Å². The highest BCUT2D eigenvalue weighted by molar-refractivity contribution is 6.07. The summed E-state index contributed by atoms with van der Waals surface area (Å²) in [6, 6.07) is 6.09. The van der Waals surface area contributed by atoms with Crippen LogP contribution in [0.3, 0.4) is 0 Å². The van der Waals surface area contributed by atoms with E-state index in [1.807, 2.05) is 0 Å². The molecule has 6 amide bonds. The number of aliphatic imine (C=N–C) groups is 1. The van der Waals surface area contributed by atoms with E-state index in [-0.39, 0.29) is 66.7 Å². The molecule has 4 rings (SSSR count). The number of amides is 6. The average Bonchev–Trinajstić information content (AvgIpc) is 3.88. The van der Waals surface area contributed by atoms with Gasteiger partial charge in [-0.3, -0.25) is 34.2 Å². The molecule has 0 aliphatic carbocycles. The highest BCUT2D eigenvalue weighted by Crippen LogP contribution is 2.19. The molecular weight excluding hydrogens is 726 g/mol. The third-order valence-electron chi connectivity index (χ3n) is 8.26. The van der Waals surface area contributed by atoms with Crippen molar-refractivity contribution in [3.8, 4) is 0 Å². The monoisotopic (exact) mass is 773 g/mol. The van der Waals surface area contributed by atoms with Crippen molar-refractivity contribution in [1.82, 2.24) is 28.9 Å². The second-order valence-electron chi connectivity index (χ2n) is 12.9. The first-order valence-corrected chi connectivity index (χ1v) is 17.3. The maximum absolute atomic E-state index is 13.0. The summed E-state index contributed by atoms with van der Waals surface area (Å²) in [7, 11) is 6.66. The summed E-state index contributed by atoms with van der Waals surface area (Å²) in [5, 5.41) is 23.7. The molecule has 4 aromatic heterocycles. The lowest BCUT2D eigenvalue weighted by Gasteiger charge is -2.05. The fourth-order valence-electron chi connectivity index (χ4n) is 5.41. The molecule has 0 radical (unpaired) electrons. The molecule has 21 heteroatoms. The van der Waals surface area contributed by atoms with Gasteiger partial charge in [0.05, 0.1) is 28.3 Å². The Morgan fingerprint density at radius 2 is 1.14 bits per heavy atom. The zero-order valence-electron chi connectivity index (χ0n) is 31.5. The van der Waals surface area contributed by atoms with E-state index < -0.39 is 17.7 Å². The van der Waals surface area contributed by atoms with Gasteiger partial charge in [-0.15, -0.1) is 0 Å². The van der Waals surface area contributed by atoms with Gasteiger partial charge in [-0.25, -0.2) is 4.99 Å². The topological polar surface area (TPSA) is 309 Å². The molecule has 0 aliphatic rings. The minimum atomic E-state index is -0.466. The van der Waals surface area contributed by atoms with E-state index in [0.29, 0.717) is 53.7 Å². The number of anilines is 4. The van der Waals surface area contributed by atoms with Crippen LogP contribution in [0, 0.1) is 5.41 Å². The summed E-state index contributed by atoms with van der Waals surface area (Å²) in [5.74, 6) is -1.89. The van der Waals surface area contributed by atoms with Crippen LogP contribution in [-0.2, 0) is 37.8 Å². The molecule has 0 aromatic carbocycles. The number of unbranched alkanes of at least 4 members (excludes halogenated alkanes) is 1. The fourth-order valence-corrected chi connectivity index (χ4v) is 5.41. The van der Waals surface area contributed by atoms with Crippen LogP contribution in [0.4, 0.5) is 23.0 Å². The van der Waals surface area contributed by atoms with Crippen molar-refractivity contribution >= 4 is 70.2 Å². The lowest BCUT2D eigenvalue weighted by atomic mass is 10.2. The molecule has 0 atom stereocenters. The summed E-state index contributed by atoms with van der Waals surface area (Å²) in [6.45, 7) is 0.248. The third kappa shape index (κ3) is 11.6. The Morgan fingerprint density at radius 1 is 0.589 bits per heavy atom. The summed E-state index contributed by atoms with van der Waals surface area (Å²) >= 11 is 0. The van der Waals surface area contributed by atoms with Crippen LogP contribution in [0.2, 0.25) is 0 Å². The molecule has 0 unspecified atom stereocenters. The van der Waals surface area contributed by atoms with Gasteiger partial charge in [-0.05, 0) is 37.1 Å². The molecule has 4 aromatic rings. The lowest BCUT2D eigenvalue weighted by molar-refractivity contribution is -0.116. The number of amidine groups is 1. The number of hydrogen-bond donors (Lipinski definition) is 10. The van der Waals surface area contributed by atoms with E-state index in [1.54, 1.807) is 65.0 Å². The maximum Gasteiger partial charge on any atom is 0.272 e. The van der Waals surface area contributed by atoms with Crippen molar-refractivity contribution in [2.24, 2.45) is 50.4 Å². The first kappa shape index (κ1) is 41.4. The third-order valence-corrected chi connectivity index (χ3v) is 8.26. The number of nitrogens with two attached hydrogens (primary N) is 3. The molecule has 0 saturated carbocycles. The maximum atomic E-state index is 13.0. The smallest absolute Gasteiger partial charge is 0.272 e. The van der Waals surface area contributed by atoms with Crippen molar-refractivity contribution < 1.29 is 28.8 Å². The molecule has 4 heterocycles. The predicted molar refractivity (Wildman–Crippen MR) is 211 cm³/mol. The summed E-state index contributed by atoms with van der Waals surface area (Å²) in [6.07, 6.45) is 7.71. The summed E-state index contributed by atoms with van der Waals surface area (Å²) < 4.78 is 6.29. The van der Waals surface area contributed by atoms with Crippen molar-refractivity contribution in [3.05, 3.63) is 71.6 Å². The van der Waals surface area contributed by atoms with Crippen LogP contribution < -0.4 is 49.1 Å². The van der Waals surface area contributed by atoms with Crippen LogP contribution in [0.25, 0.3) is 0 Å². The average molecular weight is 774 g/mol. The molecule has 298 valence electrons. The largest absolute Gasteiger partial charge is 0.388 e. The Kier molecular flexibility index (Phi) is 13.8. The number of aryl methyl sites for hydroxylation is 4. The number of rotatable bonds is 18. The SMILES string of the molecule is Cn1cc(C(=O)Nc2cc(C(=O)NCCCCC(=O)Nc3cc(C(=O)Nc4cc(C(=O)NCCC(=N)N)n(C)c4)n(C)c3)cn2C)cc1NC(=O)CN=C(N)N. The van der Waals surface area contributed by atoms with Crippen LogP contribution in [0.15, 0.2) is 54.0 Å². The Labute approximate surface area is 321 Å². The van der Waals surface area contributed by atoms with E-state index in [9.17, 15) is 28.8 Å². The van der Waals surface area contributed by atoms with Gasteiger partial charge in [0.15, 0.2) is 5.96 Å². The number of nitrogens with zero attached hydrogens (tertiary/aromatic N) is 5. The number of carbonyl (C=O) groups is 6. The molecular formula is C35H47N15O6. The van der Waals surface area contributed by atoms with Crippen molar-refractivity contribution in [3.63, 3.8) is 0 Å². The van der Waals surface area contributed by atoms with Gasteiger partial charge in [0.1, 0.15) is 29.6 Å². The number of guanidine groups is 1. The fraction of sp³-hybridized carbons (Fsp3) is 0.314. The van der Waals surface area contributed by atoms with Crippen LogP contribution in [-0.4, -0.2) is 85.1 Å². The zero-order valence-corrected chi connectivity index (χ0v) is 31.5. The quantitative estimate of drug-likeness (QED) is 0.0378. The van der Waals surface area contributed by atoms with Gasteiger partial charge in [0.2, 0.25) is 11.8 Å². The van der Waals surface area contributed by atoms with Crippen LogP contribution in [0.5, 0.6) is 0 Å². The normalized spacial score (nSPS) is 10.6. The molecule has 13 N–H and O–H groups in total. The lowest BCUT2D eigenvalue weighted by Crippen LogP contribution is -2.28. The summed E-state index contributed by atoms with van der Waals surface area (Å²) in [5.41, 5.74) is 17.8. The molecule has 0 aliphatic heterocycles. The van der Waals surface area contributed by atoms with E-state index in [1.165, 1.54) is 30.5 Å². The Hall–Kier alpha value is -7.32. The molecule has 0 spiro atoms. The van der Waals surface area contributed by atoms with E-state index in [4.69, 9.17) is 22.6 Å². The van der Waals surface area contributed by atoms with Gasteiger partial charge in [0.25, 0.3) is 23.6 Å². The van der Waals surface area contributed by atoms with Crippen molar-refractivity contribution in [1.29, 1.82) is 5.41 Å². The first-order chi connectivity index (χ1) is 26.5. The highest BCUT2D eigenvalue weighted by atomic mass is 16.2. The molecule has 21 nitrogen and oxygen atoms in total. The second-order valence-corrected chi connectivity index (χ2v) is 12.9. The van der Waals surface area contributed by atoms with Gasteiger partial charge < -0.3 is 67.4 Å². The van der Waals surface area contributed by atoms with Crippen LogP contribution in [0.1, 0.15) is 67.4 Å². The van der Waals surface area contributed by atoms with E-state index in [0.717, 1.165) is 0 Å². The number of hydrogen-bond acceptors (Lipinski definition) is 8. The number of aromatic nitrogens is 4. The van der Waals surface area contributed by atoms with Crippen molar-refractivity contribution in [2.75, 3.05) is 40.9 Å². The highest BCUT2D eigenvalue weighted by Gasteiger charge is 2.19. The van der Waals surface area contributed by atoms with Gasteiger partial charge in [-0.1, -0.05) is 0 Å². The van der Waals surface area contributed by atoms with Gasteiger partial charge in [0, 0.05) is 78.9 Å². The Balaban J connectivity index is 1.19. The molecule has 56 heavy (non-hydrogen) atoms. The Bertz CT molecular complexity index is 2170. The van der Waals surface area contributed by atoms with Gasteiger partial charge >= 0.3 is 0 Å². The molecule has 0 bridgehead atoms. The van der Waals surface area contributed by atoms with E-state index in [2.05, 4.69) is 36.9 Å². The molecule has 0 fully saturated rings. The summed E-state index contributed by atoms with van der Waals surface area (Å²) in [4.78, 5) is 79.6. The second kappa shape index (κ2) is 18.6. The minimum Gasteiger partial charge on any atom is -0.388 e. The number of nitrogens with one attached hydrogen (secondary N) is 7. The predicted octanol–water partition coefficient (Wildman–Crippen LogP) is 0.352. The van der Waals surface area contributed by atoms with Crippen LogP contribution >= 0.6 is 0 Å². The first-order valence-electron chi connectivity index (χ1n) is 17.3. The minimum absolute atomic E-state index is 0.0366. The van der Waals surface area contributed by atoms with E-state index >= 15 is 0 Å². The number of carbonyl (C=O) groups excluding carboxylic acids is 6. The van der Waals surface area contributed by atoms with Gasteiger partial charge in [-0.2, -0.15) is 0 Å².